The lowest BCUT2D eigenvalue weighted by molar-refractivity contribution is 0.0500. The Morgan fingerprint density at radius 3 is 2.17 bits per heavy atom. The molecule has 5 heteroatoms. The van der Waals surface area contributed by atoms with E-state index >= 15 is 0 Å². The second-order valence-electron chi connectivity index (χ2n) is 8.33. The van der Waals surface area contributed by atoms with Crippen LogP contribution in [0.1, 0.15) is 63.0 Å². The lowest BCUT2D eigenvalue weighted by Crippen LogP contribution is -2.26. The molecule has 0 radical (unpaired) electrons. The van der Waals surface area contributed by atoms with Gasteiger partial charge in [-0.25, -0.2) is 4.79 Å². The maximum absolute atomic E-state index is 12.5. The molecule has 0 amide bonds. The zero-order chi connectivity index (χ0) is 18.1. The number of esters is 1. The van der Waals surface area contributed by atoms with Crippen LogP contribution < -0.4 is 5.32 Å². The van der Waals surface area contributed by atoms with Gasteiger partial charge in [0, 0.05) is 23.4 Å². The number of nitrogens with one attached hydrogen (secondary N) is 1. The summed E-state index contributed by atoms with van der Waals surface area (Å²) in [6.07, 6.45) is 0. The Labute approximate surface area is 149 Å². The molecular weight excluding hydrogens is 322 g/mol. The predicted octanol–water partition coefficient (Wildman–Crippen LogP) is 3.81. The van der Waals surface area contributed by atoms with Crippen LogP contribution in [0.25, 0.3) is 0 Å². The van der Waals surface area contributed by atoms with E-state index in [1.807, 2.05) is 41.5 Å². The van der Waals surface area contributed by atoms with Crippen LogP contribution in [-0.4, -0.2) is 35.4 Å². The highest BCUT2D eigenvalue weighted by Crippen LogP contribution is 2.39. The maximum atomic E-state index is 12.5. The van der Waals surface area contributed by atoms with Crippen molar-refractivity contribution in [1.29, 1.82) is 0 Å². The van der Waals surface area contributed by atoms with Gasteiger partial charge in [0.05, 0.1) is 10.9 Å². The summed E-state index contributed by atoms with van der Waals surface area (Å²) < 4.78 is 5.48. The first kappa shape index (κ1) is 19.1. The fourth-order valence-electron chi connectivity index (χ4n) is 2.72. The highest BCUT2D eigenvalue weighted by atomic mass is 32.2. The fourth-order valence-corrected chi connectivity index (χ4v) is 3.64. The van der Waals surface area contributed by atoms with Gasteiger partial charge in [0.25, 0.3) is 0 Å². The number of carbonyl (C=O) groups is 1. The molecule has 1 unspecified atom stereocenters. The molecule has 0 bridgehead atoms. The average Bonchev–Trinajstić information content (AvgIpc) is 2.95. The molecular formula is C19H29NO3S. The van der Waals surface area contributed by atoms with Crippen molar-refractivity contribution in [2.75, 3.05) is 18.9 Å². The number of ether oxygens (including phenoxy) is 1. The summed E-state index contributed by atoms with van der Waals surface area (Å²) in [5, 5.41) is 14.2. The molecule has 1 aliphatic rings. The van der Waals surface area contributed by atoms with E-state index in [0.29, 0.717) is 12.2 Å². The van der Waals surface area contributed by atoms with Gasteiger partial charge in [0.1, 0.15) is 12.4 Å². The van der Waals surface area contributed by atoms with Crippen LogP contribution in [0.4, 0.5) is 0 Å². The number of phenols is 1. The van der Waals surface area contributed by atoms with Gasteiger partial charge < -0.3 is 15.2 Å². The van der Waals surface area contributed by atoms with E-state index in [0.717, 1.165) is 23.4 Å². The SMILES string of the molecule is CC(C)(C)c1cc(C(=O)OCC2NCCS2)cc(C(C)(C)C)c1O. The van der Waals surface area contributed by atoms with Crippen molar-refractivity contribution >= 4 is 17.7 Å². The van der Waals surface area contributed by atoms with Gasteiger partial charge in [-0.05, 0) is 23.0 Å². The third kappa shape index (κ3) is 4.45. The van der Waals surface area contributed by atoms with Crippen LogP contribution in [-0.2, 0) is 15.6 Å². The first-order chi connectivity index (χ1) is 11.0. The highest BCUT2D eigenvalue weighted by molar-refractivity contribution is 8.00. The van der Waals surface area contributed by atoms with Gasteiger partial charge in [0.15, 0.2) is 0 Å². The third-order valence-corrected chi connectivity index (χ3v) is 5.27. The van der Waals surface area contributed by atoms with Crippen molar-refractivity contribution in [2.45, 2.75) is 57.7 Å². The van der Waals surface area contributed by atoms with Crippen LogP contribution in [0.5, 0.6) is 5.75 Å². The summed E-state index contributed by atoms with van der Waals surface area (Å²) in [5.74, 6) is 0.990. The number of benzene rings is 1. The second kappa shape index (κ2) is 6.96. The van der Waals surface area contributed by atoms with Crippen LogP contribution in [0, 0.1) is 0 Å². The zero-order valence-corrected chi connectivity index (χ0v) is 16.3. The first-order valence-electron chi connectivity index (χ1n) is 8.40. The molecule has 1 aliphatic heterocycles. The molecule has 1 aromatic carbocycles. The molecule has 1 fully saturated rings. The van der Waals surface area contributed by atoms with Crippen LogP contribution in [0.3, 0.4) is 0 Å². The normalized spacial score (nSPS) is 18.7. The average molecular weight is 352 g/mol. The summed E-state index contributed by atoms with van der Waals surface area (Å²) in [4.78, 5) is 12.5. The number of hydrogen-bond acceptors (Lipinski definition) is 5. The Morgan fingerprint density at radius 1 is 1.21 bits per heavy atom. The molecule has 134 valence electrons. The molecule has 24 heavy (non-hydrogen) atoms. The molecule has 1 atom stereocenters. The Morgan fingerprint density at radius 2 is 1.75 bits per heavy atom. The number of rotatable bonds is 3. The highest BCUT2D eigenvalue weighted by Gasteiger charge is 2.28. The standard InChI is InChI=1S/C19H29NO3S/c1-18(2,3)13-9-12(10-14(16(13)21)19(4,5)6)17(22)23-11-15-20-7-8-24-15/h9-10,15,20-21H,7-8,11H2,1-6H3. The van der Waals surface area contributed by atoms with Gasteiger partial charge in [-0.3, -0.25) is 0 Å². The predicted molar refractivity (Wildman–Crippen MR) is 100 cm³/mol. The second-order valence-corrected chi connectivity index (χ2v) is 9.64. The van der Waals surface area contributed by atoms with Crippen LogP contribution in [0.15, 0.2) is 12.1 Å². The van der Waals surface area contributed by atoms with E-state index in [9.17, 15) is 9.90 Å². The topological polar surface area (TPSA) is 58.6 Å². The van der Waals surface area contributed by atoms with E-state index in [1.54, 1.807) is 23.9 Å². The zero-order valence-electron chi connectivity index (χ0n) is 15.5. The van der Waals surface area contributed by atoms with Gasteiger partial charge in [-0.15, -0.1) is 11.8 Å². The summed E-state index contributed by atoms with van der Waals surface area (Å²) in [5.41, 5.74) is 1.53. The smallest absolute Gasteiger partial charge is 0.338 e. The molecule has 1 heterocycles. The molecule has 0 spiro atoms. The van der Waals surface area contributed by atoms with E-state index in [4.69, 9.17) is 4.74 Å². The van der Waals surface area contributed by atoms with E-state index in [2.05, 4.69) is 5.32 Å². The van der Waals surface area contributed by atoms with Crippen molar-refractivity contribution in [3.8, 4) is 5.75 Å². The van der Waals surface area contributed by atoms with Crippen molar-refractivity contribution in [3.05, 3.63) is 28.8 Å². The Bertz CT molecular complexity index is 573. The quantitative estimate of drug-likeness (QED) is 0.811. The minimum absolute atomic E-state index is 0.176. The Kier molecular flexibility index (Phi) is 5.55. The Hall–Kier alpha value is -1.20. The molecule has 0 aliphatic carbocycles. The number of phenolic OH excluding ortho intramolecular Hbond substituents is 1. The molecule has 2 rings (SSSR count). The summed E-state index contributed by atoms with van der Waals surface area (Å²) in [6.45, 7) is 13.5. The third-order valence-electron chi connectivity index (χ3n) is 4.12. The number of hydrogen-bond donors (Lipinski definition) is 2. The van der Waals surface area contributed by atoms with Crippen molar-refractivity contribution in [1.82, 2.24) is 5.32 Å². The van der Waals surface area contributed by atoms with Crippen molar-refractivity contribution in [2.24, 2.45) is 0 Å². The first-order valence-corrected chi connectivity index (χ1v) is 9.45. The molecule has 0 saturated carbocycles. The molecule has 2 N–H and O–H groups in total. The van der Waals surface area contributed by atoms with Gasteiger partial charge in [0.2, 0.25) is 0 Å². The van der Waals surface area contributed by atoms with Crippen LogP contribution in [0.2, 0.25) is 0 Å². The minimum atomic E-state index is -0.333. The lowest BCUT2D eigenvalue weighted by atomic mass is 9.78. The Balaban J connectivity index is 2.33. The monoisotopic (exact) mass is 351 g/mol. The summed E-state index contributed by atoms with van der Waals surface area (Å²) in [7, 11) is 0. The maximum Gasteiger partial charge on any atom is 0.338 e. The fraction of sp³-hybridized carbons (Fsp3) is 0.632. The summed E-state index contributed by atoms with van der Waals surface area (Å²) in [6, 6.07) is 3.53. The van der Waals surface area contributed by atoms with Gasteiger partial charge in [-0.2, -0.15) is 0 Å². The van der Waals surface area contributed by atoms with Crippen molar-refractivity contribution in [3.63, 3.8) is 0 Å². The number of carbonyl (C=O) groups excluding carboxylic acids is 1. The largest absolute Gasteiger partial charge is 0.507 e. The number of thioether (sulfide) groups is 1. The van der Waals surface area contributed by atoms with E-state index < -0.39 is 0 Å². The minimum Gasteiger partial charge on any atom is -0.507 e. The molecule has 4 nitrogen and oxygen atoms in total. The number of aromatic hydroxyl groups is 1. The summed E-state index contributed by atoms with van der Waals surface area (Å²) >= 11 is 1.77. The molecule has 1 aromatic rings. The van der Waals surface area contributed by atoms with Crippen LogP contribution >= 0.6 is 11.8 Å². The van der Waals surface area contributed by atoms with Crippen molar-refractivity contribution < 1.29 is 14.6 Å². The van der Waals surface area contributed by atoms with E-state index in [-0.39, 0.29) is 27.9 Å². The van der Waals surface area contributed by atoms with Gasteiger partial charge in [-0.1, -0.05) is 41.5 Å². The van der Waals surface area contributed by atoms with Gasteiger partial charge >= 0.3 is 5.97 Å². The lowest BCUT2D eigenvalue weighted by Gasteiger charge is -2.28. The molecule has 1 saturated heterocycles. The van der Waals surface area contributed by atoms with E-state index in [1.165, 1.54) is 0 Å². The molecule has 0 aromatic heterocycles.